The molecule has 1 aliphatic rings. The number of aromatic nitrogens is 2. The van der Waals surface area contributed by atoms with Crippen LogP contribution in [0.15, 0.2) is 77.6 Å². The zero-order valence-electron chi connectivity index (χ0n) is 18.9. The van der Waals surface area contributed by atoms with Crippen LogP contribution in [0.4, 0.5) is 5.69 Å². The van der Waals surface area contributed by atoms with Gasteiger partial charge in [0.25, 0.3) is 5.56 Å². The van der Waals surface area contributed by atoms with Gasteiger partial charge in [0.2, 0.25) is 0 Å². The molecule has 0 spiro atoms. The molecule has 0 bridgehead atoms. The van der Waals surface area contributed by atoms with Crippen LogP contribution in [-0.4, -0.2) is 40.6 Å². The standard InChI is InChI=1S/C27H24ClN5O/c1-31-22-12-13-23(28)30-24(22)26(21(18-29)27(31)34)33-16-14-32(15-17-33)25(19-8-4-2-5-9-19)20-10-6-3-7-11-20/h2-13,25H,14-17H2,1H3. The Balaban J connectivity index is 1.51. The minimum Gasteiger partial charge on any atom is -0.366 e. The third kappa shape index (κ3) is 3.94. The Morgan fingerprint density at radius 1 is 0.912 bits per heavy atom. The predicted octanol–water partition coefficient (Wildman–Crippen LogP) is 4.37. The topological polar surface area (TPSA) is 65.2 Å². The number of hydrogen-bond donors (Lipinski definition) is 0. The highest BCUT2D eigenvalue weighted by Crippen LogP contribution is 2.33. The fourth-order valence-electron chi connectivity index (χ4n) is 4.87. The number of piperazine rings is 1. The van der Waals surface area contributed by atoms with Crippen molar-refractivity contribution in [2.24, 2.45) is 7.05 Å². The number of halogens is 1. The summed E-state index contributed by atoms with van der Waals surface area (Å²) in [6, 6.07) is 26.7. The summed E-state index contributed by atoms with van der Waals surface area (Å²) in [6.45, 7) is 2.88. The number of hydrogen-bond acceptors (Lipinski definition) is 5. The van der Waals surface area contributed by atoms with E-state index in [9.17, 15) is 10.1 Å². The fourth-order valence-corrected chi connectivity index (χ4v) is 5.01. The van der Waals surface area contributed by atoms with Gasteiger partial charge in [-0.1, -0.05) is 72.3 Å². The lowest BCUT2D eigenvalue weighted by atomic mass is 9.96. The maximum atomic E-state index is 12.9. The molecular weight excluding hydrogens is 446 g/mol. The van der Waals surface area contributed by atoms with Crippen molar-refractivity contribution in [3.05, 3.63) is 105 Å². The van der Waals surface area contributed by atoms with Crippen LogP contribution in [0.2, 0.25) is 5.15 Å². The Morgan fingerprint density at radius 3 is 2.06 bits per heavy atom. The van der Waals surface area contributed by atoms with Gasteiger partial charge in [0.05, 0.1) is 17.2 Å². The molecule has 1 saturated heterocycles. The van der Waals surface area contributed by atoms with E-state index in [1.807, 2.05) is 12.1 Å². The van der Waals surface area contributed by atoms with E-state index in [4.69, 9.17) is 11.6 Å². The summed E-state index contributed by atoms with van der Waals surface area (Å²) in [4.78, 5) is 22.0. The molecule has 0 radical (unpaired) electrons. The minimum absolute atomic E-state index is 0.112. The van der Waals surface area contributed by atoms with Gasteiger partial charge in [-0.2, -0.15) is 5.26 Å². The third-order valence-corrected chi connectivity index (χ3v) is 6.73. The summed E-state index contributed by atoms with van der Waals surface area (Å²) in [7, 11) is 1.66. The number of aryl methyl sites for hydroxylation is 1. The van der Waals surface area contributed by atoms with E-state index in [1.54, 1.807) is 19.2 Å². The number of benzene rings is 2. The summed E-state index contributed by atoms with van der Waals surface area (Å²) in [5, 5.41) is 10.2. The van der Waals surface area contributed by atoms with Crippen molar-refractivity contribution in [1.82, 2.24) is 14.5 Å². The molecule has 2 aromatic carbocycles. The molecule has 34 heavy (non-hydrogen) atoms. The Morgan fingerprint density at radius 2 is 1.50 bits per heavy atom. The second kappa shape index (κ2) is 9.30. The van der Waals surface area contributed by atoms with E-state index in [0.717, 1.165) is 13.1 Å². The summed E-state index contributed by atoms with van der Waals surface area (Å²) < 4.78 is 1.47. The third-order valence-electron chi connectivity index (χ3n) is 6.52. The van der Waals surface area contributed by atoms with Gasteiger partial charge in [-0.25, -0.2) is 4.98 Å². The molecule has 7 heteroatoms. The highest BCUT2D eigenvalue weighted by Gasteiger charge is 2.29. The average Bonchev–Trinajstić information content (AvgIpc) is 2.88. The lowest BCUT2D eigenvalue weighted by Gasteiger charge is -2.41. The van der Waals surface area contributed by atoms with Gasteiger partial charge in [-0.15, -0.1) is 0 Å². The van der Waals surface area contributed by atoms with E-state index in [1.165, 1.54) is 15.7 Å². The first-order chi connectivity index (χ1) is 16.6. The first-order valence-electron chi connectivity index (χ1n) is 11.3. The number of rotatable bonds is 4. The molecule has 0 aliphatic carbocycles. The summed E-state index contributed by atoms with van der Waals surface area (Å²) in [5.74, 6) is 0. The Kier molecular flexibility index (Phi) is 6.06. The Labute approximate surface area is 203 Å². The first kappa shape index (κ1) is 22.1. The molecule has 5 rings (SSSR count). The van der Waals surface area contributed by atoms with Crippen molar-refractivity contribution in [2.45, 2.75) is 6.04 Å². The fraction of sp³-hybridized carbons (Fsp3) is 0.222. The molecule has 0 unspecified atom stereocenters. The van der Waals surface area contributed by atoms with Gasteiger partial charge in [-0.3, -0.25) is 9.69 Å². The van der Waals surface area contributed by atoms with Gasteiger partial charge in [0.1, 0.15) is 22.3 Å². The molecule has 1 aliphatic heterocycles. The molecule has 0 N–H and O–H groups in total. The monoisotopic (exact) mass is 469 g/mol. The van der Waals surface area contributed by atoms with E-state index < -0.39 is 0 Å². The maximum absolute atomic E-state index is 12.9. The zero-order valence-corrected chi connectivity index (χ0v) is 19.6. The SMILES string of the molecule is Cn1c(=O)c(C#N)c(N2CCN(C(c3ccccc3)c3ccccc3)CC2)c2nc(Cl)ccc21. The molecule has 0 atom stereocenters. The summed E-state index contributed by atoms with van der Waals surface area (Å²) in [5.41, 5.74) is 4.11. The molecule has 6 nitrogen and oxygen atoms in total. The smallest absolute Gasteiger partial charge is 0.270 e. The molecule has 0 amide bonds. The number of fused-ring (bicyclic) bond motifs is 1. The van der Waals surface area contributed by atoms with E-state index >= 15 is 0 Å². The van der Waals surface area contributed by atoms with Crippen molar-refractivity contribution in [3.8, 4) is 6.07 Å². The van der Waals surface area contributed by atoms with Crippen LogP contribution in [0.5, 0.6) is 0 Å². The quantitative estimate of drug-likeness (QED) is 0.415. The molecule has 3 heterocycles. The lowest BCUT2D eigenvalue weighted by Crippen LogP contribution is -2.48. The van der Waals surface area contributed by atoms with Gasteiger partial charge < -0.3 is 9.47 Å². The Hall–Kier alpha value is -3.66. The van der Waals surface area contributed by atoms with Crippen molar-refractivity contribution in [1.29, 1.82) is 5.26 Å². The number of nitriles is 1. The van der Waals surface area contributed by atoms with Crippen LogP contribution in [0.1, 0.15) is 22.7 Å². The van der Waals surface area contributed by atoms with Crippen LogP contribution in [0.25, 0.3) is 11.0 Å². The largest absolute Gasteiger partial charge is 0.366 e. The average molecular weight is 470 g/mol. The van der Waals surface area contributed by atoms with Gasteiger partial charge in [0, 0.05) is 33.2 Å². The number of pyridine rings is 2. The highest BCUT2D eigenvalue weighted by atomic mass is 35.5. The van der Waals surface area contributed by atoms with Crippen LogP contribution >= 0.6 is 11.6 Å². The van der Waals surface area contributed by atoms with Gasteiger partial charge in [-0.05, 0) is 23.3 Å². The molecular formula is C27H24ClN5O. The van der Waals surface area contributed by atoms with Gasteiger partial charge >= 0.3 is 0 Å². The van der Waals surface area contributed by atoms with Crippen molar-refractivity contribution < 1.29 is 0 Å². The minimum atomic E-state index is -0.317. The van der Waals surface area contributed by atoms with Gasteiger partial charge in [0.15, 0.2) is 0 Å². The normalized spacial score (nSPS) is 14.5. The second-order valence-corrected chi connectivity index (χ2v) is 8.84. The highest BCUT2D eigenvalue weighted by molar-refractivity contribution is 6.29. The van der Waals surface area contributed by atoms with Crippen LogP contribution in [0, 0.1) is 11.3 Å². The van der Waals surface area contributed by atoms with Crippen molar-refractivity contribution in [2.75, 3.05) is 31.1 Å². The van der Waals surface area contributed by atoms with Crippen LogP contribution < -0.4 is 10.5 Å². The maximum Gasteiger partial charge on any atom is 0.270 e. The molecule has 0 saturated carbocycles. The van der Waals surface area contributed by atoms with E-state index in [2.05, 4.69) is 69.4 Å². The molecule has 170 valence electrons. The first-order valence-corrected chi connectivity index (χ1v) is 11.6. The van der Waals surface area contributed by atoms with Crippen LogP contribution in [-0.2, 0) is 7.05 Å². The summed E-state index contributed by atoms with van der Waals surface area (Å²) in [6.07, 6.45) is 0. The number of nitrogens with zero attached hydrogens (tertiary/aromatic N) is 5. The zero-order chi connectivity index (χ0) is 23.7. The predicted molar refractivity (Wildman–Crippen MR) is 135 cm³/mol. The van der Waals surface area contributed by atoms with Crippen molar-refractivity contribution >= 4 is 28.3 Å². The van der Waals surface area contributed by atoms with Crippen molar-refractivity contribution in [3.63, 3.8) is 0 Å². The molecule has 2 aromatic heterocycles. The second-order valence-electron chi connectivity index (χ2n) is 8.45. The lowest BCUT2D eigenvalue weighted by molar-refractivity contribution is 0.212. The van der Waals surface area contributed by atoms with E-state index in [0.29, 0.717) is 35.0 Å². The molecule has 4 aromatic rings. The molecule has 1 fully saturated rings. The Bertz CT molecular complexity index is 1380. The van der Waals surface area contributed by atoms with Crippen LogP contribution in [0.3, 0.4) is 0 Å². The summed E-state index contributed by atoms with van der Waals surface area (Å²) >= 11 is 6.21. The van der Waals surface area contributed by atoms with E-state index in [-0.39, 0.29) is 17.2 Å². The number of anilines is 1.